The van der Waals surface area contributed by atoms with E-state index in [1.807, 2.05) is 0 Å². The number of hydrogen-bond acceptors (Lipinski definition) is 6. The molecule has 6 heteroatoms. The first kappa shape index (κ1) is 33.9. The maximum atomic E-state index is 10.4. The summed E-state index contributed by atoms with van der Waals surface area (Å²) in [5, 5.41) is 40.8. The molecule has 1 aliphatic heterocycles. The molecule has 4 N–H and O–H groups in total. The summed E-state index contributed by atoms with van der Waals surface area (Å²) in [6.45, 7) is 16.9. The number of ether oxygens (including phenoxy) is 2. The number of aliphatic hydroxyl groups is 4. The lowest BCUT2D eigenvalue weighted by molar-refractivity contribution is -0.237. The quantitative estimate of drug-likeness (QED) is 0.237. The highest BCUT2D eigenvalue weighted by Crippen LogP contribution is 2.66. The predicted octanol–water partition coefficient (Wildman–Crippen LogP) is 6.49. The molecular weight excluding hydrogens is 540 g/mol. The lowest BCUT2D eigenvalue weighted by Gasteiger charge is -2.62. The summed E-state index contributed by atoms with van der Waals surface area (Å²) in [6, 6.07) is 0. The van der Waals surface area contributed by atoms with Crippen LogP contribution < -0.4 is 0 Å². The molecule has 3 saturated carbocycles. The summed E-state index contributed by atoms with van der Waals surface area (Å²) in [5.41, 5.74) is 2.49. The van der Waals surface area contributed by atoms with E-state index in [-0.39, 0.29) is 17.9 Å². The predicted molar refractivity (Wildman–Crippen MR) is 170 cm³/mol. The van der Waals surface area contributed by atoms with E-state index in [9.17, 15) is 20.4 Å². The Labute approximate surface area is 262 Å². The number of rotatable bonds is 8. The second-order valence-electron chi connectivity index (χ2n) is 16.7. The molecule has 0 spiro atoms. The summed E-state index contributed by atoms with van der Waals surface area (Å²) < 4.78 is 12.4. The van der Waals surface area contributed by atoms with Gasteiger partial charge in [-0.3, -0.25) is 0 Å². The van der Waals surface area contributed by atoms with Crippen molar-refractivity contribution in [3.05, 3.63) is 11.6 Å². The van der Waals surface area contributed by atoms with E-state index in [2.05, 4.69) is 54.5 Å². The summed E-state index contributed by atoms with van der Waals surface area (Å²) in [6.07, 6.45) is 9.84. The molecule has 248 valence electrons. The fourth-order valence-corrected chi connectivity index (χ4v) is 10.9. The van der Waals surface area contributed by atoms with Crippen LogP contribution in [0, 0.1) is 58.2 Å². The molecule has 0 amide bonds. The highest BCUT2D eigenvalue weighted by atomic mass is 16.7. The van der Waals surface area contributed by atoms with Gasteiger partial charge in [-0.25, -0.2) is 0 Å². The van der Waals surface area contributed by atoms with Crippen LogP contribution in [0.1, 0.15) is 119 Å². The van der Waals surface area contributed by atoms with Crippen LogP contribution in [-0.2, 0) is 9.47 Å². The highest BCUT2D eigenvalue weighted by Gasteiger charge is 2.58. The maximum absolute atomic E-state index is 10.4. The third-order valence-corrected chi connectivity index (χ3v) is 14.2. The molecule has 5 aliphatic rings. The van der Waals surface area contributed by atoms with Crippen LogP contribution in [0.2, 0.25) is 0 Å². The van der Waals surface area contributed by atoms with Crippen molar-refractivity contribution in [3.63, 3.8) is 0 Å². The Morgan fingerprint density at radius 1 is 0.930 bits per heavy atom. The van der Waals surface area contributed by atoms with Crippen LogP contribution >= 0.6 is 0 Å². The van der Waals surface area contributed by atoms with Crippen molar-refractivity contribution in [1.29, 1.82) is 0 Å². The Kier molecular flexibility index (Phi) is 10.5. The summed E-state index contributed by atoms with van der Waals surface area (Å²) in [4.78, 5) is 0. The van der Waals surface area contributed by atoms with Crippen molar-refractivity contribution < 1.29 is 29.9 Å². The second-order valence-corrected chi connectivity index (χ2v) is 16.7. The van der Waals surface area contributed by atoms with Gasteiger partial charge in [0.25, 0.3) is 0 Å². The van der Waals surface area contributed by atoms with Crippen molar-refractivity contribution >= 4 is 0 Å². The molecule has 6 nitrogen and oxygen atoms in total. The Balaban J connectivity index is 1.29. The minimum Gasteiger partial charge on any atom is -0.394 e. The van der Waals surface area contributed by atoms with Gasteiger partial charge in [0.2, 0.25) is 0 Å². The van der Waals surface area contributed by atoms with Gasteiger partial charge >= 0.3 is 0 Å². The molecule has 4 aliphatic carbocycles. The molecule has 0 aromatic rings. The molecule has 0 radical (unpaired) electrons. The van der Waals surface area contributed by atoms with Gasteiger partial charge in [0.05, 0.1) is 18.8 Å². The van der Waals surface area contributed by atoms with Crippen LogP contribution in [-0.4, -0.2) is 63.8 Å². The van der Waals surface area contributed by atoms with Crippen molar-refractivity contribution in [2.24, 2.45) is 58.2 Å². The van der Waals surface area contributed by atoms with Crippen molar-refractivity contribution in [2.45, 2.75) is 156 Å². The zero-order valence-electron chi connectivity index (χ0n) is 28.3. The van der Waals surface area contributed by atoms with E-state index >= 15 is 0 Å². The number of fused-ring (bicyclic) bond motifs is 5. The maximum Gasteiger partial charge on any atom is 0.161 e. The molecular formula is C37H64O6. The van der Waals surface area contributed by atoms with Crippen LogP contribution in [0.5, 0.6) is 0 Å². The lowest BCUT2D eigenvalue weighted by Crippen LogP contribution is -2.55. The van der Waals surface area contributed by atoms with E-state index < -0.39 is 37.3 Å². The van der Waals surface area contributed by atoms with E-state index in [0.29, 0.717) is 23.2 Å². The van der Waals surface area contributed by atoms with Gasteiger partial charge in [0.1, 0.15) is 18.3 Å². The topological polar surface area (TPSA) is 99.4 Å². The van der Waals surface area contributed by atoms with Crippen molar-refractivity contribution in [1.82, 2.24) is 0 Å². The van der Waals surface area contributed by atoms with E-state index in [4.69, 9.17) is 9.47 Å². The molecule has 4 fully saturated rings. The fraction of sp³-hybridized carbons (Fsp3) is 0.946. The first-order valence-corrected chi connectivity index (χ1v) is 18.0. The number of allylic oxidation sites excluding steroid dienone is 2. The van der Waals surface area contributed by atoms with Crippen LogP contribution in [0.4, 0.5) is 0 Å². The third-order valence-electron chi connectivity index (χ3n) is 14.2. The minimum absolute atomic E-state index is 0.0149. The normalized spacial score (nSPS) is 48.4. The van der Waals surface area contributed by atoms with Crippen LogP contribution in [0.15, 0.2) is 11.6 Å². The minimum atomic E-state index is -1.36. The molecule has 15 atom stereocenters. The van der Waals surface area contributed by atoms with Gasteiger partial charge in [-0.15, -0.1) is 0 Å². The number of aliphatic hydroxyl groups excluding tert-OH is 4. The lowest BCUT2D eigenvalue weighted by atomic mass is 9.43. The Hall–Kier alpha value is -0.500. The van der Waals surface area contributed by atoms with E-state index in [1.165, 1.54) is 44.9 Å². The summed E-state index contributed by atoms with van der Waals surface area (Å²) >= 11 is 0. The van der Waals surface area contributed by atoms with Gasteiger partial charge in [-0.05, 0) is 103 Å². The number of hydrogen-bond donors (Lipinski definition) is 4. The third kappa shape index (κ3) is 6.29. The van der Waals surface area contributed by atoms with Crippen LogP contribution in [0.25, 0.3) is 0 Å². The summed E-state index contributed by atoms with van der Waals surface area (Å²) in [7, 11) is 0. The largest absolute Gasteiger partial charge is 0.394 e. The van der Waals surface area contributed by atoms with E-state index in [1.54, 1.807) is 5.57 Å². The molecule has 43 heavy (non-hydrogen) atoms. The average molecular weight is 605 g/mol. The van der Waals surface area contributed by atoms with Gasteiger partial charge in [-0.2, -0.15) is 0 Å². The van der Waals surface area contributed by atoms with Gasteiger partial charge < -0.3 is 29.9 Å². The van der Waals surface area contributed by atoms with Crippen molar-refractivity contribution in [2.75, 3.05) is 6.61 Å². The Morgan fingerprint density at radius 2 is 1.63 bits per heavy atom. The monoisotopic (exact) mass is 604 g/mol. The molecule has 5 rings (SSSR count). The standard InChI is InChI=1S/C37H64O6/c1-21(2)22(3)11-12-23(4)26-9-8-10-28-25-13-14-27-24(5)31(16-18-37(27,7)29(25)15-17-36(26,28)6)42-33-19-30(39)34(40)35(41)32(20-38)43-33/h13,21-24,26-35,38-41H,8-12,14-20H2,1-7H3. The molecule has 1 heterocycles. The van der Waals surface area contributed by atoms with Gasteiger partial charge in [0.15, 0.2) is 6.29 Å². The first-order valence-electron chi connectivity index (χ1n) is 18.0. The molecule has 0 aromatic heterocycles. The Bertz CT molecular complexity index is 967. The zero-order chi connectivity index (χ0) is 31.3. The first-order chi connectivity index (χ1) is 20.3. The zero-order valence-corrected chi connectivity index (χ0v) is 28.3. The molecule has 0 bridgehead atoms. The highest BCUT2D eigenvalue weighted by molar-refractivity contribution is 5.27. The van der Waals surface area contributed by atoms with Crippen molar-refractivity contribution in [3.8, 4) is 0 Å². The Morgan fingerprint density at radius 3 is 2.33 bits per heavy atom. The van der Waals surface area contributed by atoms with Gasteiger partial charge in [0, 0.05) is 6.42 Å². The SMILES string of the molecule is CC(C)C(C)CCC(C)C1CCCC2C3=CCC4C(C)C(OC5CC(O)C(O)C(O)C(CO)O5)CCC4(C)C3CCC21C. The fourth-order valence-electron chi connectivity index (χ4n) is 10.9. The summed E-state index contributed by atoms with van der Waals surface area (Å²) in [5.74, 6) is 5.44. The average Bonchev–Trinajstić information content (AvgIpc) is 3.07. The van der Waals surface area contributed by atoms with E-state index in [0.717, 1.165) is 48.9 Å². The molecule has 1 saturated heterocycles. The van der Waals surface area contributed by atoms with Crippen LogP contribution in [0.3, 0.4) is 0 Å². The second kappa shape index (κ2) is 13.3. The van der Waals surface area contributed by atoms with Gasteiger partial charge in [-0.1, -0.05) is 79.4 Å². The molecule has 15 unspecified atom stereocenters. The molecule has 0 aromatic carbocycles. The smallest absolute Gasteiger partial charge is 0.161 e.